The Bertz CT molecular complexity index is 357. The van der Waals surface area contributed by atoms with Gasteiger partial charge in [-0.25, -0.2) is 0 Å². The Labute approximate surface area is 244 Å². The monoisotopic (exact) mass is 537 g/mol. The zero-order valence-corrected chi connectivity index (χ0v) is 27.8. The number of unbranched alkanes of at least 4 members (excludes halogenated alkanes) is 27. The molecule has 0 spiro atoms. The van der Waals surface area contributed by atoms with Crippen LogP contribution in [0.15, 0.2) is 0 Å². The fraction of sp³-hybridized carbons (Fsp3) is 1.00. The molecule has 0 aliphatic heterocycles. The fourth-order valence-electron chi connectivity index (χ4n) is 6.28. The molecule has 38 heavy (non-hydrogen) atoms. The van der Waals surface area contributed by atoms with Crippen LogP contribution in [0.25, 0.3) is 0 Å². The number of hydrogen-bond acceptors (Lipinski definition) is 0. The highest BCUT2D eigenvalue weighted by Crippen LogP contribution is 2.18. The number of rotatable bonds is 33. The maximum absolute atomic E-state index is 2.61. The molecule has 1 nitrogen and oxygen atoms in total. The highest BCUT2D eigenvalue weighted by molar-refractivity contribution is 4.53. The molecule has 0 aromatic carbocycles. The van der Waals surface area contributed by atoms with Crippen molar-refractivity contribution in [3.8, 4) is 0 Å². The topological polar surface area (TPSA) is 0 Å². The predicted molar refractivity (Wildman–Crippen MR) is 176 cm³/mol. The predicted octanol–water partition coefficient (Wildman–Crippen LogP) is 13.2. The molecule has 0 amide bonds. The van der Waals surface area contributed by atoms with Crippen molar-refractivity contribution in [1.82, 2.24) is 0 Å². The third kappa shape index (κ3) is 29.0. The maximum atomic E-state index is 2.61. The summed E-state index contributed by atoms with van der Waals surface area (Å²) < 4.78 is 1.37. The van der Waals surface area contributed by atoms with Crippen molar-refractivity contribution in [2.45, 2.75) is 213 Å². The zero-order valence-electron chi connectivity index (χ0n) is 27.8. The van der Waals surface area contributed by atoms with E-state index in [0.29, 0.717) is 0 Å². The molecule has 0 unspecified atom stereocenters. The Balaban J connectivity index is 4.06. The van der Waals surface area contributed by atoms with Crippen molar-refractivity contribution in [1.29, 1.82) is 0 Å². The van der Waals surface area contributed by atoms with Gasteiger partial charge in [0.15, 0.2) is 0 Å². The molecule has 0 fully saturated rings. The molecule has 230 valence electrons. The van der Waals surface area contributed by atoms with Gasteiger partial charge < -0.3 is 4.48 Å². The minimum atomic E-state index is 1.37. The first kappa shape index (κ1) is 38.0. The standard InChI is InChI=1S/C37H78N/c1-5-8-11-14-17-20-23-26-29-32-35-38(4,36-33-30-27-24-21-18-15-12-9-6-2)37-34-31-28-25-22-19-16-13-10-7-3/h5-37H2,1-4H3/q+1. The van der Waals surface area contributed by atoms with Crippen LogP contribution >= 0.6 is 0 Å². The largest absolute Gasteiger partial charge is 0.326 e. The highest BCUT2D eigenvalue weighted by Gasteiger charge is 2.20. The van der Waals surface area contributed by atoms with Crippen LogP contribution in [0.2, 0.25) is 0 Å². The van der Waals surface area contributed by atoms with E-state index in [4.69, 9.17) is 0 Å². The lowest BCUT2D eigenvalue weighted by Crippen LogP contribution is -2.46. The second-order valence-electron chi connectivity index (χ2n) is 13.3. The Morgan fingerprint density at radius 1 is 0.237 bits per heavy atom. The average molecular weight is 537 g/mol. The van der Waals surface area contributed by atoms with E-state index in [1.807, 2.05) is 0 Å². The third-order valence-corrected chi connectivity index (χ3v) is 9.15. The number of quaternary nitrogens is 1. The van der Waals surface area contributed by atoms with Crippen molar-refractivity contribution in [2.75, 3.05) is 26.7 Å². The average Bonchev–Trinajstić information content (AvgIpc) is 2.92. The van der Waals surface area contributed by atoms with Gasteiger partial charge in [0.1, 0.15) is 0 Å². The Morgan fingerprint density at radius 3 is 0.579 bits per heavy atom. The molecule has 0 heterocycles. The van der Waals surface area contributed by atoms with E-state index in [2.05, 4.69) is 27.8 Å². The molecule has 0 aromatic rings. The molecule has 0 atom stereocenters. The molecule has 0 aliphatic rings. The summed E-state index contributed by atoms with van der Waals surface area (Å²) in [7, 11) is 2.61. The van der Waals surface area contributed by atoms with Crippen LogP contribution in [0.1, 0.15) is 213 Å². The van der Waals surface area contributed by atoms with Crippen molar-refractivity contribution in [3.05, 3.63) is 0 Å². The van der Waals surface area contributed by atoms with Crippen LogP contribution in [-0.4, -0.2) is 31.2 Å². The first-order valence-electron chi connectivity index (χ1n) is 18.5. The van der Waals surface area contributed by atoms with Gasteiger partial charge in [-0.3, -0.25) is 0 Å². The molecule has 0 aliphatic carbocycles. The van der Waals surface area contributed by atoms with Crippen LogP contribution in [0.5, 0.6) is 0 Å². The molecule has 0 rings (SSSR count). The summed E-state index contributed by atoms with van der Waals surface area (Å²) in [4.78, 5) is 0. The van der Waals surface area contributed by atoms with E-state index in [-0.39, 0.29) is 0 Å². The first-order chi connectivity index (χ1) is 18.7. The molecule has 0 bridgehead atoms. The minimum absolute atomic E-state index is 1.37. The van der Waals surface area contributed by atoms with E-state index in [9.17, 15) is 0 Å². The molecule has 0 N–H and O–H groups in total. The Kier molecular flexibility index (Phi) is 31.5. The summed E-state index contributed by atoms with van der Waals surface area (Å²) in [5, 5.41) is 0. The lowest BCUT2D eigenvalue weighted by molar-refractivity contribution is -0.910. The summed E-state index contributed by atoms with van der Waals surface area (Å²) in [6.07, 6.45) is 43.8. The second-order valence-corrected chi connectivity index (χ2v) is 13.3. The van der Waals surface area contributed by atoms with E-state index in [1.165, 1.54) is 217 Å². The SMILES string of the molecule is CCCCCCCCCCCC[N+](C)(CCCCCCCCCCCC)CCCCCCCCCCCC. The van der Waals surface area contributed by atoms with Gasteiger partial charge in [0, 0.05) is 0 Å². The highest BCUT2D eigenvalue weighted by atomic mass is 15.3. The Hall–Kier alpha value is -0.0400. The lowest BCUT2D eigenvalue weighted by atomic mass is 10.0. The van der Waals surface area contributed by atoms with E-state index >= 15 is 0 Å². The summed E-state index contributed by atoms with van der Waals surface area (Å²) in [5.41, 5.74) is 0. The first-order valence-corrected chi connectivity index (χ1v) is 18.5. The lowest BCUT2D eigenvalue weighted by Gasteiger charge is -2.35. The van der Waals surface area contributed by atoms with Crippen molar-refractivity contribution >= 4 is 0 Å². The van der Waals surface area contributed by atoms with E-state index < -0.39 is 0 Å². The van der Waals surface area contributed by atoms with Gasteiger partial charge in [0.05, 0.1) is 26.7 Å². The summed E-state index contributed by atoms with van der Waals surface area (Å²) in [6, 6.07) is 0. The van der Waals surface area contributed by atoms with Crippen LogP contribution in [-0.2, 0) is 0 Å². The van der Waals surface area contributed by atoms with Crippen LogP contribution in [0.4, 0.5) is 0 Å². The van der Waals surface area contributed by atoms with Gasteiger partial charge >= 0.3 is 0 Å². The number of nitrogens with zero attached hydrogens (tertiary/aromatic N) is 1. The minimum Gasteiger partial charge on any atom is -0.326 e. The smallest absolute Gasteiger partial charge is 0.0784 e. The summed E-state index contributed by atoms with van der Waals surface area (Å²) >= 11 is 0. The van der Waals surface area contributed by atoms with Gasteiger partial charge in [-0.1, -0.05) is 175 Å². The van der Waals surface area contributed by atoms with Gasteiger partial charge in [0.25, 0.3) is 0 Å². The molecular weight excluding hydrogens is 458 g/mol. The van der Waals surface area contributed by atoms with Crippen LogP contribution in [0, 0.1) is 0 Å². The summed E-state index contributed by atoms with van der Waals surface area (Å²) in [5.74, 6) is 0. The van der Waals surface area contributed by atoms with Crippen molar-refractivity contribution < 1.29 is 4.48 Å². The quantitative estimate of drug-likeness (QED) is 0.0577. The van der Waals surface area contributed by atoms with Crippen molar-refractivity contribution in [3.63, 3.8) is 0 Å². The third-order valence-electron chi connectivity index (χ3n) is 9.15. The van der Waals surface area contributed by atoms with Crippen LogP contribution in [0.3, 0.4) is 0 Å². The normalized spacial score (nSPS) is 12.0. The molecule has 1 heteroatoms. The van der Waals surface area contributed by atoms with Crippen LogP contribution < -0.4 is 0 Å². The zero-order chi connectivity index (χ0) is 27.8. The van der Waals surface area contributed by atoms with Gasteiger partial charge in [-0.2, -0.15) is 0 Å². The molecule has 0 radical (unpaired) electrons. The van der Waals surface area contributed by atoms with Gasteiger partial charge in [-0.15, -0.1) is 0 Å². The molecular formula is C37H78N+. The fourth-order valence-corrected chi connectivity index (χ4v) is 6.28. The number of hydrogen-bond donors (Lipinski definition) is 0. The molecule has 0 saturated heterocycles. The summed E-state index contributed by atoms with van der Waals surface area (Å²) in [6.45, 7) is 11.3. The van der Waals surface area contributed by atoms with E-state index in [0.717, 1.165) is 0 Å². The van der Waals surface area contributed by atoms with E-state index in [1.54, 1.807) is 0 Å². The molecule has 0 aromatic heterocycles. The molecule has 0 saturated carbocycles. The maximum Gasteiger partial charge on any atom is 0.0784 e. The second kappa shape index (κ2) is 31.5. The Morgan fingerprint density at radius 2 is 0.395 bits per heavy atom. The van der Waals surface area contributed by atoms with Gasteiger partial charge in [0.2, 0.25) is 0 Å². The van der Waals surface area contributed by atoms with Crippen molar-refractivity contribution in [2.24, 2.45) is 0 Å². The van der Waals surface area contributed by atoms with Gasteiger partial charge in [-0.05, 0) is 38.5 Å².